The lowest BCUT2D eigenvalue weighted by Crippen LogP contribution is -2.54. The summed E-state index contributed by atoms with van der Waals surface area (Å²) >= 11 is 0. The van der Waals surface area contributed by atoms with Crippen molar-refractivity contribution in [1.29, 1.82) is 0 Å². The van der Waals surface area contributed by atoms with E-state index in [-0.39, 0.29) is 18.1 Å². The van der Waals surface area contributed by atoms with Crippen LogP contribution < -0.4 is 20.9 Å². The fourth-order valence-electron chi connectivity index (χ4n) is 4.15. The molecule has 0 aliphatic heterocycles. The molecule has 0 fully saturated rings. The first kappa shape index (κ1) is 31.5. The Labute approximate surface area is 232 Å². The van der Waals surface area contributed by atoms with Crippen LogP contribution in [0, 0.1) is 13.8 Å². The number of amides is 3. The highest BCUT2D eigenvalue weighted by Crippen LogP contribution is 2.22. The number of nitrogens with zero attached hydrogens (tertiary/aromatic N) is 1. The number of aryl methyl sites for hydroxylation is 3. The molecule has 2 rings (SSSR count). The van der Waals surface area contributed by atoms with Crippen LogP contribution in [0.5, 0.6) is 5.75 Å². The molecule has 2 aromatic carbocycles. The molecule has 0 saturated heterocycles. The number of hydrogen-bond acceptors (Lipinski definition) is 6. The molecule has 0 bridgehead atoms. The number of benzene rings is 2. The Hall–Kier alpha value is -3.75. The summed E-state index contributed by atoms with van der Waals surface area (Å²) in [5.74, 6) is -0.679. The molecule has 0 saturated carbocycles. The lowest BCUT2D eigenvalue weighted by Gasteiger charge is -2.25. The van der Waals surface area contributed by atoms with E-state index in [2.05, 4.69) is 40.2 Å². The van der Waals surface area contributed by atoms with E-state index in [9.17, 15) is 19.5 Å². The van der Waals surface area contributed by atoms with E-state index < -0.39 is 29.7 Å². The Bertz CT molecular complexity index is 1120. The second-order valence-electron chi connectivity index (χ2n) is 11.1. The van der Waals surface area contributed by atoms with E-state index in [4.69, 9.17) is 4.74 Å². The number of carbonyl (C=O) groups is 3. The Balaban J connectivity index is 1.98. The zero-order chi connectivity index (χ0) is 29.3. The Morgan fingerprint density at radius 3 is 2.10 bits per heavy atom. The average Bonchev–Trinajstić information content (AvgIpc) is 2.82. The van der Waals surface area contributed by atoms with Crippen LogP contribution >= 0.6 is 0 Å². The standard InChI is InChI=1S/C30H44N4O5/c1-19-16-24(35)17-20(2)25(19)18-26(33-29(38)39-30(4,5)6)28(37)32-21(3)27(36)31-15-9-10-22-11-13-23(14-12-22)34(7)8/h11-14,16-17,21,26,35H,9-10,15,18H2,1-8H3,(H,31,36)(H,32,37)(H,33,38)/t21-,26+/m1/s1. The van der Waals surface area contributed by atoms with Gasteiger partial charge in [0.05, 0.1) is 0 Å². The number of alkyl carbamates (subject to hydrolysis) is 1. The summed E-state index contributed by atoms with van der Waals surface area (Å²) in [6.45, 7) is 11.0. The molecule has 214 valence electrons. The Morgan fingerprint density at radius 1 is 0.974 bits per heavy atom. The molecule has 9 nitrogen and oxygen atoms in total. The fourth-order valence-corrected chi connectivity index (χ4v) is 4.15. The SMILES string of the molecule is Cc1cc(O)cc(C)c1C[C@H](NC(=O)OC(C)(C)C)C(=O)N[C@H](C)C(=O)NCCCc1ccc(N(C)C)cc1. The molecule has 2 atom stereocenters. The highest BCUT2D eigenvalue weighted by molar-refractivity contribution is 5.91. The molecular formula is C30H44N4O5. The van der Waals surface area contributed by atoms with E-state index >= 15 is 0 Å². The summed E-state index contributed by atoms with van der Waals surface area (Å²) in [5, 5.41) is 18.1. The van der Waals surface area contributed by atoms with Crippen molar-refractivity contribution in [2.45, 2.75) is 78.5 Å². The number of aromatic hydroxyl groups is 1. The van der Waals surface area contributed by atoms with Crippen molar-refractivity contribution in [2.75, 3.05) is 25.5 Å². The first-order valence-electron chi connectivity index (χ1n) is 13.3. The minimum Gasteiger partial charge on any atom is -0.508 e. The topological polar surface area (TPSA) is 120 Å². The van der Waals surface area contributed by atoms with Gasteiger partial charge in [0.2, 0.25) is 11.8 Å². The van der Waals surface area contributed by atoms with Crippen LogP contribution in [0.15, 0.2) is 36.4 Å². The van der Waals surface area contributed by atoms with Crippen LogP contribution in [0.1, 0.15) is 56.4 Å². The van der Waals surface area contributed by atoms with Crippen LogP contribution in [-0.2, 0) is 27.2 Å². The minimum absolute atomic E-state index is 0.130. The summed E-state index contributed by atoms with van der Waals surface area (Å²) in [5.41, 5.74) is 3.98. The number of rotatable bonds is 11. The summed E-state index contributed by atoms with van der Waals surface area (Å²) < 4.78 is 5.36. The van der Waals surface area contributed by atoms with E-state index in [0.29, 0.717) is 6.54 Å². The van der Waals surface area contributed by atoms with E-state index in [0.717, 1.165) is 35.2 Å². The first-order valence-corrected chi connectivity index (χ1v) is 13.3. The van der Waals surface area contributed by atoms with Crippen molar-refractivity contribution in [2.24, 2.45) is 0 Å². The molecule has 0 heterocycles. The minimum atomic E-state index is -0.984. The normalized spacial score (nSPS) is 12.7. The summed E-state index contributed by atoms with van der Waals surface area (Å²) in [6.07, 6.45) is 1.02. The maximum Gasteiger partial charge on any atom is 0.408 e. The summed E-state index contributed by atoms with van der Waals surface area (Å²) in [4.78, 5) is 40.5. The third kappa shape index (κ3) is 10.5. The van der Waals surface area contributed by atoms with Crippen LogP contribution in [0.4, 0.5) is 10.5 Å². The molecular weight excluding hydrogens is 496 g/mol. The average molecular weight is 541 g/mol. The molecule has 0 unspecified atom stereocenters. The Kier molecular flexibility index (Phi) is 11.2. The fraction of sp³-hybridized carbons (Fsp3) is 0.500. The van der Waals surface area contributed by atoms with Crippen molar-refractivity contribution in [3.63, 3.8) is 0 Å². The van der Waals surface area contributed by atoms with Gasteiger partial charge in [-0.3, -0.25) is 9.59 Å². The highest BCUT2D eigenvalue weighted by atomic mass is 16.6. The molecule has 3 amide bonds. The number of ether oxygens (including phenoxy) is 1. The number of phenolic OH excluding ortho intramolecular Hbond substituents is 1. The molecule has 2 aromatic rings. The predicted molar refractivity (Wildman–Crippen MR) is 154 cm³/mol. The highest BCUT2D eigenvalue weighted by Gasteiger charge is 2.28. The Morgan fingerprint density at radius 2 is 1.56 bits per heavy atom. The van der Waals surface area contributed by atoms with Gasteiger partial charge in [-0.1, -0.05) is 12.1 Å². The van der Waals surface area contributed by atoms with Gasteiger partial charge in [0.1, 0.15) is 23.4 Å². The smallest absolute Gasteiger partial charge is 0.408 e. The van der Waals surface area contributed by atoms with Gasteiger partial charge in [-0.25, -0.2) is 4.79 Å². The summed E-state index contributed by atoms with van der Waals surface area (Å²) in [6, 6.07) is 9.71. The largest absolute Gasteiger partial charge is 0.508 e. The monoisotopic (exact) mass is 540 g/mol. The van der Waals surface area contributed by atoms with Gasteiger partial charge in [0.25, 0.3) is 0 Å². The van der Waals surface area contributed by atoms with Gasteiger partial charge in [0.15, 0.2) is 0 Å². The zero-order valence-corrected chi connectivity index (χ0v) is 24.5. The van der Waals surface area contributed by atoms with Crippen molar-refractivity contribution in [1.82, 2.24) is 16.0 Å². The number of hydrogen-bond donors (Lipinski definition) is 4. The third-order valence-corrected chi connectivity index (χ3v) is 6.24. The number of anilines is 1. The number of nitrogens with one attached hydrogen (secondary N) is 3. The molecule has 0 aliphatic rings. The maximum absolute atomic E-state index is 13.2. The number of carbonyl (C=O) groups excluding carboxylic acids is 3. The second-order valence-corrected chi connectivity index (χ2v) is 11.1. The van der Waals surface area contributed by atoms with Crippen LogP contribution in [0.2, 0.25) is 0 Å². The van der Waals surface area contributed by atoms with Crippen molar-refractivity contribution in [3.05, 3.63) is 58.7 Å². The lowest BCUT2D eigenvalue weighted by molar-refractivity contribution is -0.129. The molecule has 39 heavy (non-hydrogen) atoms. The van der Waals surface area contributed by atoms with Gasteiger partial charge < -0.3 is 30.7 Å². The van der Waals surface area contributed by atoms with Gasteiger partial charge in [-0.15, -0.1) is 0 Å². The molecule has 9 heteroatoms. The molecule has 4 N–H and O–H groups in total. The van der Waals surface area contributed by atoms with E-state index in [1.165, 1.54) is 5.56 Å². The lowest BCUT2D eigenvalue weighted by atomic mass is 9.95. The third-order valence-electron chi connectivity index (χ3n) is 6.24. The zero-order valence-electron chi connectivity index (χ0n) is 24.5. The molecule has 0 aliphatic carbocycles. The summed E-state index contributed by atoms with van der Waals surface area (Å²) in [7, 11) is 3.99. The van der Waals surface area contributed by atoms with Crippen LogP contribution in [-0.4, -0.2) is 61.3 Å². The van der Waals surface area contributed by atoms with Gasteiger partial charge in [0, 0.05) is 32.7 Å². The van der Waals surface area contributed by atoms with E-state index in [1.807, 2.05) is 32.8 Å². The van der Waals surface area contributed by atoms with Crippen LogP contribution in [0.25, 0.3) is 0 Å². The quantitative estimate of drug-likeness (QED) is 0.322. The molecule has 0 spiro atoms. The van der Waals surface area contributed by atoms with Crippen molar-refractivity contribution >= 4 is 23.6 Å². The van der Waals surface area contributed by atoms with Crippen LogP contribution in [0.3, 0.4) is 0 Å². The van der Waals surface area contributed by atoms with Gasteiger partial charge in [-0.05, 0) is 101 Å². The molecule has 0 radical (unpaired) electrons. The van der Waals surface area contributed by atoms with Gasteiger partial charge in [-0.2, -0.15) is 0 Å². The maximum atomic E-state index is 13.2. The molecule has 0 aromatic heterocycles. The predicted octanol–water partition coefficient (Wildman–Crippen LogP) is 3.76. The van der Waals surface area contributed by atoms with Crippen molar-refractivity contribution < 1.29 is 24.2 Å². The second kappa shape index (κ2) is 13.9. The number of phenols is 1. The van der Waals surface area contributed by atoms with Crippen molar-refractivity contribution in [3.8, 4) is 5.75 Å². The van der Waals surface area contributed by atoms with Gasteiger partial charge >= 0.3 is 6.09 Å². The van der Waals surface area contributed by atoms with E-state index in [1.54, 1.807) is 39.8 Å². The first-order chi connectivity index (χ1) is 18.2.